The number of carbonyl (C=O) groups excluding carboxylic acids is 1. The summed E-state index contributed by atoms with van der Waals surface area (Å²) in [6, 6.07) is 8.49. The monoisotopic (exact) mass is 389 g/mol. The van der Waals surface area contributed by atoms with E-state index in [2.05, 4.69) is 37.2 Å². The molecule has 0 aromatic heterocycles. The van der Waals surface area contributed by atoms with E-state index in [4.69, 9.17) is 0 Å². The number of carbonyl (C=O) groups is 1. The molecule has 98 valence electrons. The molecule has 0 spiro atoms. The molecule has 1 N–H and O–H groups in total. The number of benzene rings is 2. The third-order valence-electron chi connectivity index (χ3n) is 2.34. The van der Waals surface area contributed by atoms with Gasteiger partial charge in [-0.1, -0.05) is 22.0 Å². The van der Waals surface area contributed by atoms with Crippen molar-refractivity contribution in [3.8, 4) is 0 Å². The van der Waals surface area contributed by atoms with Crippen LogP contribution in [0, 0.1) is 11.6 Å². The lowest BCUT2D eigenvalue weighted by molar-refractivity contribution is 0.102. The highest BCUT2D eigenvalue weighted by molar-refractivity contribution is 9.10. The van der Waals surface area contributed by atoms with Gasteiger partial charge < -0.3 is 5.32 Å². The van der Waals surface area contributed by atoms with Crippen molar-refractivity contribution in [3.63, 3.8) is 0 Å². The summed E-state index contributed by atoms with van der Waals surface area (Å²) in [6.07, 6.45) is 0. The first-order valence-corrected chi connectivity index (χ1v) is 6.77. The standard InChI is InChI=1S/C13H7Br2F2NO/c14-8-3-1-2-7(4-8)13(19)18-12-6-10(16)9(15)5-11(12)17/h1-6H,(H,18,19). The third-order valence-corrected chi connectivity index (χ3v) is 3.45. The molecule has 2 rings (SSSR count). The Labute approximate surface area is 125 Å². The van der Waals surface area contributed by atoms with Crippen molar-refractivity contribution in [2.45, 2.75) is 0 Å². The molecule has 2 aromatic rings. The van der Waals surface area contributed by atoms with Gasteiger partial charge in [-0.3, -0.25) is 4.79 Å². The number of nitrogens with one attached hydrogen (secondary N) is 1. The Morgan fingerprint density at radius 2 is 1.79 bits per heavy atom. The van der Waals surface area contributed by atoms with Gasteiger partial charge >= 0.3 is 0 Å². The lowest BCUT2D eigenvalue weighted by atomic mass is 10.2. The van der Waals surface area contributed by atoms with E-state index >= 15 is 0 Å². The van der Waals surface area contributed by atoms with E-state index in [9.17, 15) is 13.6 Å². The summed E-state index contributed by atoms with van der Waals surface area (Å²) in [4.78, 5) is 11.9. The van der Waals surface area contributed by atoms with E-state index < -0.39 is 17.5 Å². The van der Waals surface area contributed by atoms with E-state index in [-0.39, 0.29) is 10.2 Å². The normalized spacial score (nSPS) is 10.3. The smallest absolute Gasteiger partial charge is 0.255 e. The Bertz CT molecular complexity index is 647. The van der Waals surface area contributed by atoms with Gasteiger partial charge in [-0.2, -0.15) is 0 Å². The zero-order valence-corrected chi connectivity index (χ0v) is 12.6. The fraction of sp³-hybridized carbons (Fsp3) is 0. The van der Waals surface area contributed by atoms with Crippen molar-refractivity contribution in [2.24, 2.45) is 0 Å². The Balaban J connectivity index is 2.27. The lowest BCUT2D eigenvalue weighted by Crippen LogP contribution is -2.13. The summed E-state index contributed by atoms with van der Waals surface area (Å²) < 4.78 is 27.6. The fourth-order valence-electron chi connectivity index (χ4n) is 1.44. The number of anilines is 1. The molecule has 0 aliphatic heterocycles. The minimum Gasteiger partial charge on any atom is -0.319 e. The second kappa shape index (κ2) is 5.79. The van der Waals surface area contributed by atoms with Gasteiger partial charge in [-0.25, -0.2) is 8.78 Å². The number of rotatable bonds is 2. The zero-order chi connectivity index (χ0) is 14.0. The van der Waals surface area contributed by atoms with Gasteiger partial charge in [0, 0.05) is 16.1 Å². The van der Waals surface area contributed by atoms with E-state index in [1.165, 1.54) is 0 Å². The molecule has 0 atom stereocenters. The quantitative estimate of drug-likeness (QED) is 0.737. The highest BCUT2D eigenvalue weighted by Crippen LogP contribution is 2.24. The zero-order valence-electron chi connectivity index (χ0n) is 9.38. The molecule has 2 aromatic carbocycles. The average Bonchev–Trinajstić information content (AvgIpc) is 2.36. The van der Waals surface area contributed by atoms with Crippen LogP contribution in [-0.2, 0) is 0 Å². The lowest BCUT2D eigenvalue weighted by Gasteiger charge is -2.07. The summed E-state index contributed by atoms with van der Waals surface area (Å²) in [5.41, 5.74) is 0.141. The Morgan fingerprint density at radius 3 is 2.47 bits per heavy atom. The summed E-state index contributed by atoms with van der Waals surface area (Å²) >= 11 is 6.10. The van der Waals surface area contributed by atoms with Crippen molar-refractivity contribution < 1.29 is 13.6 Å². The molecule has 19 heavy (non-hydrogen) atoms. The summed E-state index contributed by atoms with van der Waals surface area (Å²) in [6.45, 7) is 0. The van der Waals surface area contributed by atoms with Gasteiger partial charge in [0.25, 0.3) is 5.91 Å². The van der Waals surface area contributed by atoms with E-state index in [0.717, 1.165) is 16.6 Å². The van der Waals surface area contributed by atoms with E-state index in [0.29, 0.717) is 5.56 Å². The molecule has 6 heteroatoms. The highest BCUT2D eigenvalue weighted by atomic mass is 79.9. The van der Waals surface area contributed by atoms with E-state index in [1.54, 1.807) is 24.3 Å². The molecule has 0 heterocycles. The molecule has 0 aliphatic rings. The predicted octanol–water partition coefficient (Wildman–Crippen LogP) is 4.74. The maximum absolute atomic E-state index is 13.6. The van der Waals surface area contributed by atoms with E-state index in [1.807, 2.05) is 0 Å². The van der Waals surface area contributed by atoms with Crippen molar-refractivity contribution in [3.05, 3.63) is 62.5 Å². The van der Waals surface area contributed by atoms with Crippen LogP contribution in [0.25, 0.3) is 0 Å². The SMILES string of the molecule is O=C(Nc1cc(F)c(Br)cc1F)c1cccc(Br)c1. The minimum atomic E-state index is -0.711. The largest absolute Gasteiger partial charge is 0.319 e. The molecular formula is C13H7Br2F2NO. The van der Waals surface area contributed by atoms with Crippen LogP contribution < -0.4 is 5.32 Å². The molecule has 1 amide bonds. The van der Waals surface area contributed by atoms with Crippen LogP contribution in [0.15, 0.2) is 45.3 Å². The van der Waals surface area contributed by atoms with Crippen LogP contribution in [0.3, 0.4) is 0 Å². The van der Waals surface area contributed by atoms with Crippen molar-refractivity contribution in [1.82, 2.24) is 0 Å². The first-order valence-electron chi connectivity index (χ1n) is 5.19. The van der Waals surface area contributed by atoms with Gasteiger partial charge in [0.15, 0.2) is 0 Å². The highest BCUT2D eigenvalue weighted by Gasteiger charge is 2.12. The number of halogens is 4. The van der Waals surface area contributed by atoms with Crippen molar-refractivity contribution in [2.75, 3.05) is 5.32 Å². The Morgan fingerprint density at radius 1 is 1.05 bits per heavy atom. The molecule has 0 radical (unpaired) electrons. The number of amides is 1. The van der Waals surface area contributed by atoms with Crippen LogP contribution in [0.2, 0.25) is 0 Å². The topological polar surface area (TPSA) is 29.1 Å². The van der Waals surface area contributed by atoms with Gasteiger partial charge in [0.1, 0.15) is 11.6 Å². The molecule has 0 bridgehead atoms. The second-order valence-electron chi connectivity index (χ2n) is 3.71. The average molecular weight is 391 g/mol. The van der Waals surface area contributed by atoms with Crippen LogP contribution in [-0.4, -0.2) is 5.91 Å². The summed E-state index contributed by atoms with van der Waals surface area (Å²) in [5, 5.41) is 2.33. The predicted molar refractivity (Wildman–Crippen MR) is 76.2 cm³/mol. The minimum absolute atomic E-state index is 0.00505. The van der Waals surface area contributed by atoms with Crippen LogP contribution in [0.4, 0.5) is 14.5 Å². The third kappa shape index (κ3) is 3.39. The summed E-state index contributed by atoms with van der Waals surface area (Å²) in [7, 11) is 0. The van der Waals surface area contributed by atoms with Gasteiger partial charge in [0.2, 0.25) is 0 Å². The second-order valence-corrected chi connectivity index (χ2v) is 5.48. The first kappa shape index (κ1) is 14.1. The molecular weight excluding hydrogens is 384 g/mol. The van der Waals surface area contributed by atoms with Crippen LogP contribution in [0.5, 0.6) is 0 Å². The maximum Gasteiger partial charge on any atom is 0.255 e. The molecule has 2 nitrogen and oxygen atoms in total. The van der Waals surface area contributed by atoms with Gasteiger partial charge in [0.05, 0.1) is 10.2 Å². The van der Waals surface area contributed by atoms with Crippen molar-refractivity contribution >= 4 is 43.5 Å². The molecule has 0 aliphatic carbocycles. The molecule has 0 saturated heterocycles. The van der Waals surface area contributed by atoms with Gasteiger partial charge in [-0.15, -0.1) is 0 Å². The fourth-order valence-corrected chi connectivity index (χ4v) is 2.16. The van der Waals surface area contributed by atoms with Crippen molar-refractivity contribution in [1.29, 1.82) is 0 Å². The van der Waals surface area contributed by atoms with Crippen LogP contribution in [0.1, 0.15) is 10.4 Å². The first-order chi connectivity index (χ1) is 8.97. The number of hydrogen-bond donors (Lipinski definition) is 1. The van der Waals surface area contributed by atoms with Gasteiger partial charge in [-0.05, 0) is 40.2 Å². The molecule has 0 saturated carbocycles. The maximum atomic E-state index is 13.6. The number of hydrogen-bond acceptors (Lipinski definition) is 1. The Hall–Kier alpha value is -1.27. The molecule has 0 unspecified atom stereocenters. The Kier molecular flexibility index (Phi) is 4.31. The van der Waals surface area contributed by atoms with Crippen LogP contribution >= 0.6 is 31.9 Å². The summed E-state index contributed by atoms with van der Waals surface area (Å²) in [5.74, 6) is -1.87. The molecule has 0 fully saturated rings.